The number of rotatable bonds is 0. The molecule has 2 aromatic rings. The molecule has 0 saturated carbocycles. The molecule has 0 fully saturated rings. The van der Waals surface area contributed by atoms with Gasteiger partial charge in [-0.1, -0.05) is 34.5 Å². The Morgan fingerprint density at radius 2 is 1.75 bits per heavy atom. The molecule has 0 amide bonds. The predicted molar refractivity (Wildman–Crippen MR) is 50.2 cm³/mol. The molecule has 62 valence electrons. The number of hydrogen-bond acceptors (Lipinski definition) is 4. The lowest BCUT2D eigenvalue weighted by atomic mass is 10.6. The van der Waals surface area contributed by atoms with Crippen LogP contribution in [0.3, 0.4) is 0 Å². The van der Waals surface area contributed by atoms with E-state index in [2.05, 4.69) is 15.0 Å². The van der Waals surface area contributed by atoms with Crippen LogP contribution in [0.4, 0.5) is 0 Å². The number of aromatic nitrogens is 3. The molecule has 0 aliphatic heterocycles. The van der Waals surface area contributed by atoms with Gasteiger partial charge in [-0.3, -0.25) is 0 Å². The highest BCUT2D eigenvalue weighted by atomic mass is 35.5. The van der Waals surface area contributed by atoms with Gasteiger partial charge in [-0.15, -0.1) is 0 Å². The number of hydrogen-bond donors (Lipinski definition) is 0. The van der Waals surface area contributed by atoms with E-state index in [1.54, 1.807) is 0 Å². The third kappa shape index (κ3) is 1.35. The van der Waals surface area contributed by atoms with Gasteiger partial charge in [-0.05, 0) is 11.6 Å². The lowest BCUT2D eigenvalue weighted by Gasteiger charge is -1.90. The van der Waals surface area contributed by atoms with Crippen LogP contribution in [-0.4, -0.2) is 15.0 Å². The maximum atomic E-state index is 5.73. The molecule has 12 heavy (non-hydrogen) atoms. The van der Waals surface area contributed by atoms with E-state index in [1.807, 2.05) is 0 Å². The highest BCUT2D eigenvalue weighted by molar-refractivity contribution is 7.21. The number of fused-ring (bicyclic) bond motifs is 1. The zero-order valence-corrected chi connectivity index (χ0v) is 8.47. The topological polar surface area (TPSA) is 38.7 Å². The zero-order valence-electron chi connectivity index (χ0n) is 5.38. The van der Waals surface area contributed by atoms with Crippen LogP contribution in [0, 0.1) is 0 Å². The van der Waals surface area contributed by atoms with Gasteiger partial charge in [0.25, 0.3) is 0 Å². The Bertz CT molecular complexity index is 441. The molecule has 0 atom stereocenters. The van der Waals surface area contributed by atoms with Crippen molar-refractivity contribution in [2.45, 2.75) is 0 Å². The Morgan fingerprint density at radius 1 is 1.00 bits per heavy atom. The molecular formula is C5Cl3N3S. The minimum absolute atomic E-state index is 0.104. The fourth-order valence-corrected chi connectivity index (χ4v) is 2.24. The second-order valence-electron chi connectivity index (χ2n) is 1.90. The monoisotopic (exact) mass is 239 g/mol. The van der Waals surface area contributed by atoms with Crippen molar-refractivity contribution in [3.8, 4) is 0 Å². The number of halogens is 3. The normalized spacial score (nSPS) is 10.9. The van der Waals surface area contributed by atoms with Gasteiger partial charge in [-0.25, -0.2) is 15.0 Å². The van der Waals surface area contributed by atoms with Gasteiger partial charge in [-0.2, -0.15) is 0 Å². The van der Waals surface area contributed by atoms with Crippen molar-refractivity contribution in [2.75, 3.05) is 0 Å². The van der Waals surface area contributed by atoms with E-state index >= 15 is 0 Å². The first kappa shape index (κ1) is 8.44. The molecule has 0 aliphatic rings. The Hall–Kier alpha value is -0.160. The Morgan fingerprint density at radius 3 is 2.50 bits per heavy atom. The molecular weight excluding hydrogens is 241 g/mol. The summed E-state index contributed by atoms with van der Waals surface area (Å²) >= 11 is 18.1. The molecule has 0 bridgehead atoms. The molecule has 0 aliphatic carbocycles. The summed E-state index contributed by atoms with van der Waals surface area (Å²) in [6.07, 6.45) is 0. The average Bonchev–Trinajstić information content (AvgIpc) is 2.29. The van der Waals surface area contributed by atoms with Gasteiger partial charge in [0.2, 0.25) is 5.28 Å². The Kier molecular flexibility index (Phi) is 2.08. The fraction of sp³-hybridized carbons (Fsp3) is 0. The minimum Gasteiger partial charge on any atom is -0.220 e. The molecule has 0 spiro atoms. The highest BCUT2D eigenvalue weighted by Gasteiger charge is 2.09. The molecule has 3 nitrogen and oxygen atoms in total. The van der Waals surface area contributed by atoms with Crippen molar-refractivity contribution in [1.82, 2.24) is 15.0 Å². The largest absolute Gasteiger partial charge is 0.225 e. The first-order valence-corrected chi connectivity index (χ1v) is 4.77. The minimum atomic E-state index is 0.104. The first-order valence-electron chi connectivity index (χ1n) is 2.82. The predicted octanol–water partition coefficient (Wildman–Crippen LogP) is 3.05. The van der Waals surface area contributed by atoms with Crippen LogP contribution in [0.15, 0.2) is 0 Å². The van der Waals surface area contributed by atoms with Crippen LogP contribution in [0.25, 0.3) is 10.3 Å². The standard InChI is InChI=1S/C5Cl3N3S/c6-2-1-3(11-4(7)10-2)12-5(8)9-1. The van der Waals surface area contributed by atoms with Gasteiger partial charge in [0.05, 0.1) is 0 Å². The van der Waals surface area contributed by atoms with E-state index in [-0.39, 0.29) is 10.4 Å². The number of thiazole rings is 1. The summed E-state index contributed by atoms with van der Waals surface area (Å²) in [6, 6.07) is 0. The van der Waals surface area contributed by atoms with Gasteiger partial charge in [0, 0.05) is 0 Å². The SMILES string of the molecule is Clc1nc(Cl)c2nc(Cl)sc2n1. The summed E-state index contributed by atoms with van der Waals surface area (Å²) in [5, 5.41) is 0.334. The van der Waals surface area contributed by atoms with Gasteiger partial charge in [0.15, 0.2) is 14.5 Å². The quantitative estimate of drug-likeness (QED) is 0.525. The summed E-state index contributed by atoms with van der Waals surface area (Å²) in [6.45, 7) is 0. The number of nitrogens with zero attached hydrogens (tertiary/aromatic N) is 3. The third-order valence-electron chi connectivity index (χ3n) is 1.16. The van der Waals surface area contributed by atoms with Gasteiger partial charge < -0.3 is 0 Å². The molecule has 0 saturated heterocycles. The van der Waals surface area contributed by atoms with E-state index < -0.39 is 0 Å². The zero-order chi connectivity index (χ0) is 8.72. The molecule has 2 heterocycles. The smallest absolute Gasteiger partial charge is 0.220 e. The highest BCUT2D eigenvalue weighted by Crippen LogP contribution is 2.28. The third-order valence-corrected chi connectivity index (χ3v) is 2.65. The van der Waals surface area contributed by atoms with Crippen molar-refractivity contribution in [1.29, 1.82) is 0 Å². The molecule has 0 N–H and O–H groups in total. The van der Waals surface area contributed by atoms with E-state index in [9.17, 15) is 0 Å². The molecule has 2 aromatic heterocycles. The maximum absolute atomic E-state index is 5.73. The van der Waals surface area contributed by atoms with Crippen LogP contribution in [0.5, 0.6) is 0 Å². The second kappa shape index (κ2) is 2.96. The molecule has 7 heteroatoms. The molecule has 0 aromatic carbocycles. The molecule has 2 rings (SSSR count). The van der Waals surface area contributed by atoms with Crippen LogP contribution in [-0.2, 0) is 0 Å². The van der Waals surface area contributed by atoms with Gasteiger partial charge in [0.1, 0.15) is 5.52 Å². The summed E-state index contributed by atoms with van der Waals surface area (Å²) in [4.78, 5) is 12.1. The molecule has 0 radical (unpaired) electrons. The van der Waals surface area contributed by atoms with Gasteiger partial charge >= 0.3 is 0 Å². The van der Waals surface area contributed by atoms with Crippen LogP contribution < -0.4 is 0 Å². The fourth-order valence-electron chi connectivity index (χ4n) is 0.740. The van der Waals surface area contributed by atoms with Crippen molar-refractivity contribution in [3.63, 3.8) is 0 Å². The second-order valence-corrected chi connectivity index (χ2v) is 4.16. The van der Waals surface area contributed by atoms with Crippen molar-refractivity contribution in [3.05, 3.63) is 14.9 Å². The van der Waals surface area contributed by atoms with E-state index in [4.69, 9.17) is 34.8 Å². The summed E-state index contributed by atoms with van der Waals surface area (Å²) in [5.41, 5.74) is 0.496. The Balaban J connectivity index is 2.88. The summed E-state index contributed by atoms with van der Waals surface area (Å²) in [7, 11) is 0. The van der Waals surface area contributed by atoms with Crippen molar-refractivity contribution >= 4 is 56.5 Å². The van der Waals surface area contributed by atoms with Crippen molar-refractivity contribution < 1.29 is 0 Å². The van der Waals surface area contributed by atoms with E-state index in [0.29, 0.717) is 14.8 Å². The Labute approximate surface area is 86.3 Å². The van der Waals surface area contributed by atoms with E-state index in [1.165, 1.54) is 11.3 Å². The van der Waals surface area contributed by atoms with Crippen LogP contribution in [0.1, 0.15) is 0 Å². The first-order chi connectivity index (χ1) is 5.66. The summed E-state index contributed by atoms with van der Waals surface area (Å²) < 4.78 is 0.378. The lowest BCUT2D eigenvalue weighted by Crippen LogP contribution is -1.83. The van der Waals surface area contributed by atoms with Crippen LogP contribution in [0.2, 0.25) is 14.9 Å². The maximum Gasteiger partial charge on any atom is 0.225 e. The van der Waals surface area contributed by atoms with Crippen molar-refractivity contribution in [2.24, 2.45) is 0 Å². The van der Waals surface area contributed by atoms with E-state index in [0.717, 1.165) is 0 Å². The summed E-state index contributed by atoms with van der Waals surface area (Å²) in [5.74, 6) is 0. The lowest BCUT2D eigenvalue weighted by molar-refractivity contribution is 1.22. The average molecular weight is 241 g/mol. The molecule has 0 unspecified atom stereocenters. The van der Waals surface area contributed by atoms with Crippen LogP contribution >= 0.6 is 46.1 Å².